The van der Waals surface area contributed by atoms with E-state index in [2.05, 4.69) is 26.8 Å². The van der Waals surface area contributed by atoms with Crippen LogP contribution in [0.2, 0.25) is 0 Å². The lowest BCUT2D eigenvalue weighted by Crippen LogP contribution is -2.15. The van der Waals surface area contributed by atoms with Gasteiger partial charge in [-0.3, -0.25) is 0 Å². The lowest BCUT2D eigenvalue weighted by molar-refractivity contribution is 0.243. The Kier molecular flexibility index (Phi) is 4.45. The fourth-order valence-electron chi connectivity index (χ4n) is 1.72. The van der Waals surface area contributed by atoms with Crippen molar-refractivity contribution >= 4 is 8.60 Å². The van der Waals surface area contributed by atoms with Gasteiger partial charge in [0.25, 0.3) is 0 Å². The molecule has 0 aromatic heterocycles. The molecule has 0 heterocycles. The third-order valence-electron chi connectivity index (χ3n) is 2.54. The first-order valence-electron chi connectivity index (χ1n) is 5.22. The minimum Gasteiger partial charge on any atom is -0.328 e. The van der Waals surface area contributed by atoms with Crippen molar-refractivity contribution in [3.8, 4) is 0 Å². The molecule has 1 rings (SSSR count). The normalized spacial score (nSPS) is 12.2. The molecule has 0 amide bonds. The first-order chi connectivity index (χ1) is 7.32. The second-order valence-electron chi connectivity index (χ2n) is 4.88. The van der Waals surface area contributed by atoms with Gasteiger partial charge in [-0.25, -0.2) is 0 Å². The van der Waals surface area contributed by atoms with Crippen molar-refractivity contribution in [1.82, 2.24) is 0 Å². The molecule has 0 fully saturated rings. The monoisotopic (exact) mass is 242 g/mol. The number of hydrogen-bond donors (Lipinski definition) is 2. The van der Waals surface area contributed by atoms with Crippen LogP contribution in [-0.4, -0.2) is 9.79 Å². The zero-order valence-corrected chi connectivity index (χ0v) is 11.1. The van der Waals surface area contributed by atoms with Crippen LogP contribution < -0.4 is 0 Å². The molecule has 4 heteroatoms. The quantitative estimate of drug-likeness (QED) is 0.801. The number of benzene rings is 1. The van der Waals surface area contributed by atoms with Gasteiger partial charge >= 0.3 is 8.60 Å². The zero-order chi connectivity index (χ0) is 12.3. The van der Waals surface area contributed by atoms with Gasteiger partial charge in [0.1, 0.15) is 0 Å². The molecule has 0 bridgehead atoms. The highest BCUT2D eigenvalue weighted by Crippen LogP contribution is 2.32. The number of hydrogen-bond acceptors (Lipinski definition) is 3. The van der Waals surface area contributed by atoms with Crippen molar-refractivity contribution in [1.29, 1.82) is 0 Å². The number of rotatable bonds is 3. The highest BCUT2D eigenvalue weighted by Gasteiger charge is 2.19. The van der Waals surface area contributed by atoms with Gasteiger partial charge in [-0.1, -0.05) is 39.0 Å². The zero-order valence-electron chi connectivity index (χ0n) is 10.2. The van der Waals surface area contributed by atoms with Gasteiger partial charge in [0.05, 0.1) is 6.61 Å². The molecule has 1 aromatic carbocycles. The maximum absolute atomic E-state index is 8.80. The second-order valence-corrected chi connectivity index (χ2v) is 5.64. The molecule has 0 spiro atoms. The van der Waals surface area contributed by atoms with Crippen LogP contribution in [0.15, 0.2) is 18.2 Å². The topological polar surface area (TPSA) is 49.7 Å². The molecule has 0 aliphatic carbocycles. The Morgan fingerprint density at radius 3 is 2.38 bits per heavy atom. The minimum atomic E-state index is -2.28. The molecule has 3 nitrogen and oxygen atoms in total. The molecule has 2 N–H and O–H groups in total. The highest BCUT2D eigenvalue weighted by atomic mass is 31.2. The van der Waals surface area contributed by atoms with Crippen molar-refractivity contribution in [3.05, 3.63) is 34.9 Å². The van der Waals surface area contributed by atoms with E-state index >= 15 is 0 Å². The average Bonchev–Trinajstić information content (AvgIpc) is 2.13. The fraction of sp³-hybridized carbons (Fsp3) is 0.500. The molecule has 0 saturated carbocycles. The minimum absolute atomic E-state index is 0.0262. The summed E-state index contributed by atoms with van der Waals surface area (Å²) < 4.78 is 4.92. The molecule has 0 aliphatic rings. The predicted molar refractivity (Wildman–Crippen MR) is 66.0 cm³/mol. The number of aryl methyl sites for hydroxylation is 1. The fourth-order valence-corrected chi connectivity index (χ4v) is 1.96. The Morgan fingerprint density at radius 1 is 1.25 bits per heavy atom. The second kappa shape index (κ2) is 5.24. The summed E-state index contributed by atoms with van der Waals surface area (Å²) in [4.78, 5) is 17.6. The van der Waals surface area contributed by atoms with Crippen LogP contribution in [0.5, 0.6) is 0 Å². The molecule has 0 aliphatic heterocycles. The lowest BCUT2D eigenvalue weighted by Gasteiger charge is -2.24. The average molecular weight is 242 g/mol. The van der Waals surface area contributed by atoms with Crippen molar-refractivity contribution in [2.24, 2.45) is 0 Å². The van der Waals surface area contributed by atoms with Crippen molar-refractivity contribution in [3.63, 3.8) is 0 Å². The van der Waals surface area contributed by atoms with E-state index in [0.717, 1.165) is 11.1 Å². The van der Waals surface area contributed by atoms with Gasteiger partial charge in [-0.2, -0.15) is 0 Å². The van der Waals surface area contributed by atoms with E-state index in [1.165, 1.54) is 5.56 Å². The van der Waals surface area contributed by atoms with Crippen LogP contribution in [0.1, 0.15) is 37.5 Å². The van der Waals surface area contributed by atoms with Gasteiger partial charge in [0, 0.05) is 0 Å². The van der Waals surface area contributed by atoms with E-state index in [0.29, 0.717) is 0 Å². The summed E-state index contributed by atoms with van der Waals surface area (Å²) in [7, 11) is -2.28. The maximum atomic E-state index is 8.80. The van der Waals surface area contributed by atoms with Gasteiger partial charge < -0.3 is 14.3 Å². The summed E-state index contributed by atoms with van der Waals surface area (Å²) in [6, 6.07) is 6.08. The van der Waals surface area contributed by atoms with E-state index in [1.807, 2.05) is 19.1 Å². The Bertz CT molecular complexity index is 356. The van der Waals surface area contributed by atoms with Crippen LogP contribution >= 0.6 is 8.60 Å². The Morgan fingerprint density at radius 2 is 1.88 bits per heavy atom. The molecule has 0 atom stereocenters. The molecule has 1 aromatic rings. The summed E-state index contributed by atoms with van der Waals surface area (Å²) in [5.41, 5.74) is 3.37. The van der Waals surface area contributed by atoms with E-state index < -0.39 is 8.60 Å². The summed E-state index contributed by atoms with van der Waals surface area (Å²) >= 11 is 0. The largest absolute Gasteiger partial charge is 0.328 e. The third-order valence-corrected chi connectivity index (χ3v) is 2.90. The summed E-state index contributed by atoms with van der Waals surface area (Å²) in [5, 5.41) is 0. The Hall–Kier alpha value is -0.470. The van der Waals surface area contributed by atoms with Gasteiger partial charge in [-0.05, 0) is 29.0 Å². The van der Waals surface area contributed by atoms with E-state index in [9.17, 15) is 0 Å². The Balaban J connectivity index is 3.04. The molecule has 0 unspecified atom stereocenters. The first-order valence-corrected chi connectivity index (χ1v) is 6.38. The smallest absolute Gasteiger partial charge is 0.327 e. The summed E-state index contributed by atoms with van der Waals surface area (Å²) in [5.74, 6) is 0. The van der Waals surface area contributed by atoms with Gasteiger partial charge in [-0.15, -0.1) is 0 Å². The van der Waals surface area contributed by atoms with Gasteiger partial charge in [0.15, 0.2) is 0 Å². The lowest BCUT2D eigenvalue weighted by atomic mass is 9.82. The highest BCUT2D eigenvalue weighted by molar-refractivity contribution is 7.39. The van der Waals surface area contributed by atoms with Crippen LogP contribution in [-0.2, 0) is 16.5 Å². The first kappa shape index (κ1) is 13.6. The van der Waals surface area contributed by atoms with Crippen LogP contribution in [0.25, 0.3) is 0 Å². The van der Waals surface area contributed by atoms with Crippen LogP contribution in [0.3, 0.4) is 0 Å². The van der Waals surface area contributed by atoms with E-state index in [1.54, 1.807) is 0 Å². The van der Waals surface area contributed by atoms with Crippen molar-refractivity contribution in [2.45, 2.75) is 39.7 Å². The van der Waals surface area contributed by atoms with E-state index in [4.69, 9.17) is 14.3 Å². The molecular formula is C12H19O3P. The van der Waals surface area contributed by atoms with Crippen molar-refractivity contribution in [2.75, 3.05) is 0 Å². The molecular weight excluding hydrogens is 223 g/mol. The summed E-state index contributed by atoms with van der Waals surface area (Å²) in [6.07, 6.45) is 0. The van der Waals surface area contributed by atoms with Crippen LogP contribution in [0.4, 0.5) is 0 Å². The molecule has 0 saturated heterocycles. The van der Waals surface area contributed by atoms with Gasteiger partial charge in [0.2, 0.25) is 0 Å². The molecule has 90 valence electrons. The molecule has 0 radical (unpaired) electrons. The standard InChI is InChI=1S/C12H19O3P/c1-9-6-5-7-11(12(2,3)4)10(9)8-15-16(13)14/h5-7,13-14H,8H2,1-4H3. The van der Waals surface area contributed by atoms with E-state index in [-0.39, 0.29) is 12.0 Å². The molecule has 16 heavy (non-hydrogen) atoms. The predicted octanol–water partition coefficient (Wildman–Crippen LogP) is 3.02. The third kappa shape index (κ3) is 3.53. The summed E-state index contributed by atoms with van der Waals surface area (Å²) in [6.45, 7) is 8.65. The maximum Gasteiger partial charge on any atom is 0.327 e. The SMILES string of the molecule is Cc1cccc(C(C)(C)C)c1COP(O)O. The van der Waals surface area contributed by atoms with Crippen molar-refractivity contribution < 1.29 is 14.3 Å². The van der Waals surface area contributed by atoms with Crippen LogP contribution in [0, 0.1) is 6.92 Å². The Labute approximate surface area is 98.1 Å².